The molecule has 6 nitrogen and oxygen atoms in total. The minimum Gasteiger partial charge on any atom is -0.426 e. The van der Waals surface area contributed by atoms with Gasteiger partial charge in [-0.2, -0.15) is 26.3 Å². The third-order valence-corrected chi connectivity index (χ3v) is 4.53. The highest BCUT2D eigenvalue weighted by Crippen LogP contribution is 2.36. The summed E-state index contributed by atoms with van der Waals surface area (Å²) in [6.07, 6.45) is -16.7. The van der Waals surface area contributed by atoms with E-state index in [1.54, 1.807) is 0 Å². The van der Waals surface area contributed by atoms with Gasteiger partial charge in [-0.25, -0.2) is 9.59 Å². The Balaban J connectivity index is 1.72. The molecule has 0 atom stereocenters. The predicted molar refractivity (Wildman–Crippen MR) is 93.4 cm³/mol. The van der Waals surface area contributed by atoms with Crippen molar-refractivity contribution in [1.29, 1.82) is 0 Å². The van der Waals surface area contributed by atoms with Crippen molar-refractivity contribution in [1.82, 2.24) is 15.5 Å². The Labute approximate surface area is 168 Å². The van der Waals surface area contributed by atoms with E-state index in [0.717, 1.165) is 10.5 Å². The van der Waals surface area contributed by atoms with Crippen molar-refractivity contribution in [2.75, 3.05) is 19.6 Å². The lowest BCUT2D eigenvalue weighted by atomic mass is 9.97. The summed E-state index contributed by atoms with van der Waals surface area (Å²) in [5.41, 5.74) is 0.912. The number of urea groups is 1. The van der Waals surface area contributed by atoms with Gasteiger partial charge in [0, 0.05) is 26.2 Å². The van der Waals surface area contributed by atoms with Crippen LogP contribution in [0.5, 0.6) is 0 Å². The lowest BCUT2D eigenvalue weighted by Crippen LogP contribution is -2.49. The van der Waals surface area contributed by atoms with Crippen LogP contribution in [-0.4, -0.2) is 55.1 Å². The Morgan fingerprint density at radius 2 is 1.57 bits per heavy atom. The predicted octanol–water partition coefficient (Wildman–Crippen LogP) is 3.83. The molecule has 0 bridgehead atoms. The normalized spacial score (nSPS) is 15.8. The van der Waals surface area contributed by atoms with E-state index >= 15 is 0 Å². The van der Waals surface area contributed by atoms with Gasteiger partial charge in [-0.1, -0.05) is 30.3 Å². The number of carbonyl (C=O) groups excluding carboxylic acids is 2. The van der Waals surface area contributed by atoms with Gasteiger partial charge in [0.2, 0.25) is 0 Å². The van der Waals surface area contributed by atoms with Crippen LogP contribution >= 0.6 is 0 Å². The molecule has 1 aromatic rings. The molecule has 12 heteroatoms. The minimum absolute atomic E-state index is 0.0702. The number of alkyl halides is 6. The SMILES string of the molecule is O=C(NCc1ccccc1)NCC1CCN(C(=O)OC(C(F)(F)F)C(F)(F)F)CC1. The monoisotopic (exact) mass is 441 g/mol. The highest BCUT2D eigenvalue weighted by molar-refractivity contribution is 5.73. The third-order valence-electron chi connectivity index (χ3n) is 4.53. The van der Waals surface area contributed by atoms with Gasteiger partial charge in [0.1, 0.15) is 0 Å². The maximum atomic E-state index is 12.5. The van der Waals surface area contributed by atoms with Crippen LogP contribution < -0.4 is 10.6 Å². The van der Waals surface area contributed by atoms with Gasteiger partial charge < -0.3 is 20.3 Å². The van der Waals surface area contributed by atoms with E-state index in [1.807, 2.05) is 30.3 Å². The van der Waals surface area contributed by atoms with Gasteiger partial charge in [0.25, 0.3) is 6.10 Å². The van der Waals surface area contributed by atoms with Crippen LogP contribution in [0.4, 0.5) is 35.9 Å². The number of amides is 3. The third kappa shape index (κ3) is 7.30. The number of piperidine rings is 1. The molecule has 1 fully saturated rings. The van der Waals surface area contributed by atoms with E-state index in [-0.39, 0.29) is 25.6 Å². The first-order valence-electron chi connectivity index (χ1n) is 9.11. The van der Waals surface area contributed by atoms with Crippen LogP contribution in [-0.2, 0) is 11.3 Å². The zero-order valence-corrected chi connectivity index (χ0v) is 15.7. The molecule has 0 spiro atoms. The summed E-state index contributed by atoms with van der Waals surface area (Å²) in [6, 6.07) is 8.80. The first-order chi connectivity index (χ1) is 14.0. The second-order valence-corrected chi connectivity index (χ2v) is 6.83. The molecular formula is C18H21F6N3O3. The molecule has 0 saturated carbocycles. The molecule has 0 aliphatic carbocycles. The second-order valence-electron chi connectivity index (χ2n) is 6.83. The van der Waals surface area contributed by atoms with Crippen LogP contribution in [0.1, 0.15) is 18.4 Å². The van der Waals surface area contributed by atoms with E-state index in [2.05, 4.69) is 15.4 Å². The Hall–Kier alpha value is -2.66. The van der Waals surface area contributed by atoms with Crippen LogP contribution in [0, 0.1) is 5.92 Å². The smallest absolute Gasteiger partial charge is 0.426 e. The van der Waals surface area contributed by atoms with Gasteiger partial charge in [-0.15, -0.1) is 0 Å². The molecule has 3 amide bonds. The summed E-state index contributed by atoms with van der Waals surface area (Å²) in [5.74, 6) is -0.0717. The molecule has 2 rings (SSSR count). The van der Waals surface area contributed by atoms with Crippen molar-refractivity contribution in [2.24, 2.45) is 5.92 Å². The van der Waals surface area contributed by atoms with Crippen molar-refractivity contribution in [2.45, 2.75) is 37.8 Å². The summed E-state index contributed by atoms with van der Waals surface area (Å²) in [4.78, 5) is 24.3. The number of benzene rings is 1. The summed E-state index contributed by atoms with van der Waals surface area (Å²) < 4.78 is 78.6. The first kappa shape index (κ1) is 23.6. The Kier molecular flexibility index (Phi) is 7.79. The number of carbonyl (C=O) groups is 2. The lowest BCUT2D eigenvalue weighted by molar-refractivity contribution is -0.308. The fourth-order valence-corrected chi connectivity index (χ4v) is 2.89. The fraction of sp³-hybridized carbons (Fsp3) is 0.556. The zero-order valence-electron chi connectivity index (χ0n) is 15.7. The minimum atomic E-state index is -5.75. The van der Waals surface area contributed by atoms with Crippen molar-refractivity contribution in [3.05, 3.63) is 35.9 Å². The summed E-state index contributed by atoms with van der Waals surface area (Å²) in [6.45, 7) is 0.451. The van der Waals surface area contributed by atoms with Gasteiger partial charge in [-0.3, -0.25) is 0 Å². The number of nitrogens with one attached hydrogen (secondary N) is 2. The van der Waals surface area contributed by atoms with Crippen molar-refractivity contribution in [3.8, 4) is 0 Å². The van der Waals surface area contributed by atoms with Crippen LogP contribution in [0.2, 0.25) is 0 Å². The second kappa shape index (κ2) is 9.90. The van der Waals surface area contributed by atoms with Gasteiger partial charge >= 0.3 is 24.5 Å². The molecule has 1 aliphatic heterocycles. The maximum Gasteiger partial charge on any atom is 0.434 e. The molecule has 168 valence electrons. The maximum absolute atomic E-state index is 12.5. The van der Waals surface area contributed by atoms with E-state index in [0.29, 0.717) is 19.4 Å². The zero-order chi connectivity index (χ0) is 22.4. The number of halogens is 6. The van der Waals surface area contributed by atoms with E-state index in [4.69, 9.17) is 0 Å². The Morgan fingerprint density at radius 3 is 2.10 bits per heavy atom. The number of hydrogen-bond donors (Lipinski definition) is 2. The molecule has 1 aliphatic rings. The molecule has 0 unspecified atom stereocenters. The van der Waals surface area contributed by atoms with Crippen LogP contribution in [0.3, 0.4) is 0 Å². The number of rotatable bonds is 5. The molecule has 1 saturated heterocycles. The highest BCUT2D eigenvalue weighted by Gasteiger charge is 2.60. The topological polar surface area (TPSA) is 70.7 Å². The molecule has 0 aromatic heterocycles. The lowest BCUT2D eigenvalue weighted by Gasteiger charge is -2.33. The van der Waals surface area contributed by atoms with Gasteiger partial charge in [0.15, 0.2) is 0 Å². The van der Waals surface area contributed by atoms with Crippen molar-refractivity contribution >= 4 is 12.1 Å². The summed E-state index contributed by atoms with van der Waals surface area (Å²) in [5, 5.41) is 5.32. The van der Waals surface area contributed by atoms with Crippen LogP contribution in [0.15, 0.2) is 30.3 Å². The largest absolute Gasteiger partial charge is 0.434 e. The summed E-state index contributed by atoms with van der Waals surface area (Å²) in [7, 11) is 0. The Bertz CT molecular complexity index is 689. The highest BCUT2D eigenvalue weighted by atomic mass is 19.4. The quantitative estimate of drug-likeness (QED) is 0.683. The average molecular weight is 441 g/mol. The molecule has 1 heterocycles. The number of likely N-dealkylation sites (tertiary alicyclic amines) is 1. The number of hydrogen-bond acceptors (Lipinski definition) is 3. The van der Waals surface area contributed by atoms with E-state index in [1.165, 1.54) is 0 Å². The fourth-order valence-electron chi connectivity index (χ4n) is 2.89. The van der Waals surface area contributed by atoms with E-state index < -0.39 is 30.6 Å². The molecular weight excluding hydrogens is 420 g/mol. The van der Waals surface area contributed by atoms with Gasteiger partial charge in [0.05, 0.1) is 0 Å². The average Bonchev–Trinajstić information content (AvgIpc) is 2.68. The molecule has 30 heavy (non-hydrogen) atoms. The molecule has 1 aromatic carbocycles. The first-order valence-corrected chi connectivity index (χ1v) is 9.11. The number of ether oxygens (including phenoxy) is 1. The Morgan fingerprint density at radius 1 is 1.00 bits per heavy atom. The summed E-state index contributed by atoms with van der Waals surface area (Å²) >= 11 is 0. The van der Waals surface area contributed by atoms with Crippen molar-refractivity contribution in [3.63, 3.8) is 0 Å². The molecule has 2 N–H and O–H groups in total. The van der Waals surface area contributed by atoms with Gasteiger partial charge in [-0.05, 0) is 24.3 Å². The number of nitrogens with zero attached hydrogens (tertiary/aromatic N) is 1. The molecule has 0 radical (unpaired) electrons. The van der Waals surface area contributed by atoms with Crippen LogP contribution in [0.25, 0.3) is 0 Å². The van der Waals surface area contributed by atoms with Crippen molar-refractivity contribution < 1.29 is 40.7 Å². The standard InChI is InChI=1S/C18H21F6N3O3/c19-17(20,21)14(18(22,23)24)30-16(29)27-8-6-13(7-9-27)11-26-15(28)25-10-12-4-2-1-3-5-12/h1-5,13-14H,6-11H2,(H2,25,26,28). The van der Waals surface area contributed by atoms with E-state index in [9.17, 15) is 35.9 Å².